The lowest BCUT2D eigenvalue weighted by atomic mass is 10.2. The van der Waals surface area contributed by atoms with Crippen molar-refractivity contribution in [2.24, 2.45) is 0 Å². The maximum absolute atomic E-state index is 3.64. The summed E-state index contributed by atoms with van der Waals surface area (Å²) >= 11 is 0. The Morgan fingerprint density at radius 1 is 1.67 bits per heavy atom. The third-order valence-corrected chi connectivity index (χ3v) is 1.02. The van der Waals surface area contributed by atoms with Gasteiger partial charge in [-0.25, -0.2) is 0 Å². The van der Waals surface area contributed by atoms with Gasteiger partial charge in [-0.2, -0.15) is 0 Å². The summed E-state index contributed by atoms with van der Waals surface area (Å²) in [4.78, 5) is 0. The topological polar surface area (TPSA) is 12.0 Å². The van der Waals surface area contributed by atoms with Gasteiger partial charge in [0, 0.05) is 6.54 Å². The van der Waals surface area contributed by atoms with Crippen LogP contribution in [-0.2, 0) is 0 Å². The van der Waals surface area contributed by atoms with E-state index in [0.29, 0.717) is 0 Å². The fourth-order valence-corrected chi connectivity index (χ4v) is 0.563. The van der Waals surface area contributed by atoms with Gasteiger partial charge in [-0.1, -0.05) is 11.6 Å². The summed E-state index contributed by atoms with van der Waals surface area (Å²) in [7, 11) is 0. The molecule has 0 atom stereocenters. The molecule has 0 bridgehead atoms. The SMILES string of the molecule is C=CC/C(C)=C\NCC. The summed E-state index contributed by atoms with van der Waals surface area (Å²) in [5.41, 5.74) is 1.33. The summed E-state index contributed by atoms with van der Waals surface area (Å²) in [6.07, 6.45) is 4.91. The summed E-state index contributed by atoms with van der Waals surface area (Å²) in [6, 6.07) is 0. The molecule has 0 aliphatic heterocycles. The second kappa shape index (κ2) is 5.42. The van der Waals surface area contributed by atoms with Crippen molar-refractivity contribution in [3.8, 4) is 0 Å². The molecule has 0 amide bonds. The molecule has 0 aromatic carbocycles. The van der Waals surface area contributed by atoms with Crippen LogP contribution in [0.2, 0.25) is 0 Å². The van der Waals surface area contributed by atoms with Crippen LogP contribution in [0.5, 0.6) is 0 Å². The average molecular weight is 125 g/mol. The zero-order chi connectivity index (χ0) is 7.11. The molecule has 0 radical (unpaired) electrons. The summed E-state index contributed by atoms with van der Waals surface area (Å²) < 4.78 is 0. The van der Waals surface area contributed by atoms with E-state index in [1.165, 1.54) is 5.57 Å². The smallest absolute Gasteiger partial charge is 0.0113 e. The van der Waals surface area contributed by atoms with Crippen LogP contribution >= 0.6 is 0 Å². The number of nitrogens with one attached hydrogen (secondary N) is 1. The molecule has 52 valence electrons. The summed E-state index contributed by atoms with van der Waals surface area (Å²) in [5, 5.41) is 3.12. The van der Waals surface area contributed by atoms with E-state index in [2.05, 4.69) is 25.7 Å². The fraction of sp³-hybridized carbons (Fsp3) is 0.500. The first-order valence-corrected chi connectivity index (χ1v) is 3.31. The van der Waals surface area contributed by atoms with Crippen LogP contribution in [-0.4, -0.2) is 6.54 Å². The maximum Gasteiger partial charge on any atom is 0.0113 e. The molecule has 0 saturated heterocycles. The van der Waals surface area contributed by atoms with Gasteiger partial charge in [0.1, 0.15) is 0 Å². The van der Waals surface area contributed by atoms with Gasteiger partial charge < -0.3 is 5.32 Å². The molecule has 1 heteroatoms. The highest BCUT2D eigenvalue weighted by molar-refractivity contribution is 5.01. The molecule has 1 nitrogen and oxygen atoms in total. The van der Waals surface area contributed by atoms with Crippen LogP contribution in [0.4, 0.5) is 0 Å². The fourth-order valence-electron chi connectivity index (χ4n) is 0.563. The van der Waals surface area contributed by atoms with Gasteiger partial charge in [0.25, 0.3) is 0 Å². The van der Waals surface area contributed by atoms with Crippen LogP contribution in [0.3, 0.4) is 0 Å². The van der Waals surface area contributed by atoms with E-state index >= 15 is 0 Å². The minimum Gasteiger partial charge on any atom is -0.391 e. The summed E-state index contributed by atoms with van der Waals surface area (Å²) in [6.45, 7) is 8.80. The second-order valence-corrected chi connectivity index (χ2v) is 2.04. The van der Waals surface area contributed by atoms with Crippen molar-refractivity contribution >= 4 is 0 Å². The van der Waals surface area contributed by atoms with Crippen molar-refractivity contribution in [1.29, 1.82) is 0 Å². The zero-order valence-corrected chi connectivity index (χ0v) is 6.28. The molecular formula is C8H15N. The molecule has 0 heterocycles. The molecule has 0 aromatic heterocycles. The zero-order valence-electron chi connectivity index (χ0n) is 6.28. The molecule has 0 rings (SSSR count). The van der Waals surface area contributed by atoms with E-state index in [1.807, 2.05) is 12.3 Å². The highest BCUT2D eigenvalue weighted by Gasteiger charge is 1.80. The van der Waals surface area contributed by atoms with E-state index in [0.717, 1.165) is 13.0 Å². The monoisotopic (exact) mass is 125 g/mol. The predicted molar refractivity (Wildman–Crippen MR) is 42.2 cm³/mol. The van der Waals surface area contributed by atoms with Crippen LogP contribution < -0.4 is 5.32 Å². The number of allylic oxidation sites excluding steroid dienone is 2. The van der Waals surface area contributed by atoms with Crippen molar-refractivity contribution in [2.45, 2.75) is 20.3 Å². The average Bonchev–Trinajstić information content (AvgIpc) is 1.85. The van der Waals surface area contributed by atoms with Crippen LogP contribution in [0.15, 0.2) is 24.4 Å². The lowest BCUT2D eigenvalue weighted by molar-refractivity contribution is 0.901. The van der Waals surface area contributed by atoms with Crippen molar-refractivity contribution in [3.05, 3.63) is 24.4 Å². The second-order valence-electron chi connectivity index (χ2n) is 2.04. The van der Waals surface area contributed by atoms with E-state index in [1.54, 1.807) is 0 Å². The lowest BCUT2D eigenvalue weighted by Crippen LogP contribution is -2.02. The normalized spacial score (nSPS) is 11.1. The quantitative estimate of drug-likeness (QED) is 0.567. The first-order valence-electron chi connectivity index (χ1n) is 3.31. The Balaban J connectivity index is 3.42. The Morgan fingerprint density at radius 2 is 2.33 bits per heavy atom. The molecule has 1 N–H and O–H groups in total. The predicted octanol–water partition coefficient (Wildman–Crippen LogP) is 2.08. The third kappa shape index (κ3) is 5.15. The number of hydrogen-bond acceptors (Lipinski definition) is 1. The van der Waals surface area contributed by atoms with Crippen LogP contribution in [0, 0.1) is 0 Å². The van der Waals surface area contributed by atoms with E-state index in [9.17, 15) is 0 Å². The third-order valence-electron chi connectivity index (χ3n) is 1.02. The molecule has 0 aliphatic rings. The molecule has 0 spiro atoms. The summed E-state index contributed by atoms with van der Waals surface area (Å²) in [5.74, 6) is 0. The van der Waals surface area contributed by atoms with Gasteiger partial charge in [0.05, 0.1) is 0 Å². The van der Waals surface area contributed by atoms with Gasteiger partial charge in [0.2, 0.25) is 0 Å². The van der Waals surface area contributed by atoms with Gasteiger partial charge >= 0.3 is 0 Å². The minimum absolute atomic E-state index is 0.979. The van der Waals surface area contributed by atoms with Gasteiger partial charge in [-0.15, -0.1) is 6.58 Å². The highest BCUT2D eigenvalue weighted by atomic mass is 14.8. The Labute approximate surface area is 57.5 Å². The molecule has 0 unspecified atom stereocenters. The van der Waals surface area contributed by atoms with E-state index in [-0.39, 0.29) is 0 Å². The van der Waals surface area contributed by atoms with Gasteiger partial charge in [-0.3, -0.25) is 0 Å². The van der Waals surface area contributed by atoms with Crippen molar-refractivity contribution < 1.29 is 0 Å². The number of rotatable bonds is 4. The number of hydrogen-bond donors (Lipinski definition) is 1. The molecule has 0 fully saturated rings. The molecular weight excluding hydrogens is 110 g/mol. The highest BCUT2D eigenvalue weighted by Crippen LogP contribution is 1.96. The Bertz CT molecular complexity index is 103. The lowest BCUT2D eigenvalue weighted by Gasteiger charge is -1.96. The molecule has 0 aliphatic carbocycles. The van der Waals surface area contributed by atoms with Crippen LogP contribution in [0.25, 0.3) is 0 Å². The standard InChI is InChI=1S/C8H15N/c1-4-6-8(3)7-9-5-2/h4,7,9H,1,5-6H2,2-3H3/b8-7-. The van der Waals surface area contributed by atoms with Gasteiger partial charge in [0.15, 0.2) is 0 Å². The Kier molecular flexibility index (Phi) is 4.98. The van der Waals surface area contributed by atoms with E-state index < -0.39 is 0 Å². The molecule has 0 aromatic rings. The largest absolute Gasteiger partial charge is 0.391 e. The molecule has 0 saturated carbocycles. The van der Waals surface area contributed by atoms with Crippen LogP contribution in [0.1, 0.15) is 20.3 Å². The Hall–Kier alpha value is -0.720. The van der Waals surface area contributed by atoms with E-state index in [4.69, 9.17) is 0 Å². The molecule has 9 heavy (non-hydrogen) atoms. The maximum atomic E-state index is 3.64. The van der Waals surface area contributed by atoms with Crippen molar-refractivity contribution in [2.75, 3.05) is 6.54 Å². The Morgan fingerprint density at radius 3 is 2.78 bits per heavy atom. The van der Waals surface area contributed by atoms with Gasteiger partial charge in [-0.05, 0) is 26.5 Å². The first-order chi connectivity index (χ1) is 4.31. The first kappa shape index (κ1) is 8.28. The van der Waals surface area contributed by atoms with Crippen molar-refractivity contribution in [3.63, 3.8) is 0 Å². The minimum atomic E-state index is 0.979. The van der Waals surface area contributed by atoms with Crippen molar-refractivity contribution in [1.82, 2.24) is 5.32 Å².